The van der Waals surface area contributed by atoms with Crippen LogP contribution in [0.5, 0.6) is 0 Å². The molecule has 1 rings (SSSR count). The number of hydrogen-bond donors (Lipinski definition) is 2. The molecule has 1 heterocycles. The zero-order chi connectivity index (χ0) is 11.1. The van der Waals surface area contributed by atoms with E-state index in [-0.39, 0.29) is 0 Å². The van der Waals surface area contributed by atoms with Crippen molar-refractivity contribution in [1.29, 1.82) is 0 Å². The van der Waals surface area contributed by atoms with Crippen molar-refractivity contribution in [3.8, 4) is 0 Å². The van der Waals surface area contributed by atoms with Crippen LogP contribution in [-0.2, 0) is 0 Å². The highest BCUT2D eigenvalue weighted by atomic mass is 32.2. The molecule has 0 aromatic carbocycles. The fourth-order valence-corrected chi connectivity index (χ4v) is 2.67. The Kier molecular flexibility index (Phi) is 6.05. The maximum atomic E-state index is 8.60. The van der Waals surface area contributed by atoms with Crippen molar-refractivity contribution in [2.75, 3.05) is 30.0 Å². The minimum atomic E-state index is 0.297. The molecule has 0 bridgehead atoms. The summed E-state index contributed by atoms with van der Waals surface area (Å²) in [5, 5.41) is 12.9. The van der Waals surface area contributed by atoms with Gasteiger partial charge in [-0.3, -0.25) is 0 Å². The number of rotatable bonds is 7. The zero-order valence-corrected chi connectivity index (χ0v) is 10.9. The summed E-state index contributed by atoms with van der Waals surface area (Å²) in [5.41, 5.74) is 1.12. The summed E-state index contributed by atoms with van der Waals surface area (Å²) in [4.78, 5) is 5.69. The minimum absolute atomic E-state index is 0.297. The summed E-state index contributed by atoms with van der Waals surface area (Å²) in [7, 11) is 0. The van der Waals surface area contributed by atoms with Gasteiger partial charge in [0.1, 0.15) is 0 Å². The van der Waals surface area contributed by atoms with Crippen LogP contribution in [0.25, 0.3) is 0 Å². The molecule has 0 spiro atoms. The van der Waals surface area contributed by atoms with Gasteiger partial charge >= 0.3 is 0 Å². The monoisotopic (exact) mass is 246 g/mol. The second-order valence-corrected chi connectivity index (χ2v) is 5.70. The van der Waals surface area contributed by atoms with Crippen LogP contribution in [0.15, 0.2) is 0 Å². The van der Waals surface area contributed by atoms with Crippen LogP contribution < -0.4 is 5.32 Å². The highest BCUT2D eigenvalue weighted by Crippen LogP contribution is 2.20. The predicted octanol–water partition coefficient (Wildman–Crippen LogP) is 2.29. The summed E-state index contributed by atoms with van der Waals surface area (Å²) in [6.45, 7) is 5.37. The van der Waals surface area contributed by atoms with Crippen LogP contribution >= 0.6 is 23.1 Å². The Morgan fingerprint density at radius 2 is 2.20 bits per heavy atom. The highest BCUT2D eigenvalue weighted by molar-refractivity contribution is 7.99. The van der Waals surface area contributed by atoms with Crippen LogP contribution in [0.4, 0.5) is 5.13 Å². The largest absolute Gasteiger partial charge is 0.396 e. The number of aliphatic hydroxyl groups is 1. The average molecular weight is 246 g/mol. The van der Waals surface area contributed by atoms with Crippen LogP contribution in [0.3, 0.4) is 0 Å². The third-order valence-corrected chi connectivity index (χ3v) is 4.10. The molecular formula is C10H18N2OS2. The Morgan fingerprint density at radius 3 is 2.80 bits per heavy atom. The lowest BCUT2D eigenvalue weighted by molar-refractivity contribution is 0.296. The number of nitrogens with zero attached hydrogens (tertiary/aromatic N) is 1. The first-order valence-corrected chi connectivity index (χ1v) is 7.07. The van der Waals surface area contributed by atoms with Gasteiger partial charge in [0.05, 0.1) is 5.69 Å². The van der Waals surface area contributed by atoms with Gasteiger partial charge in [-0.15, -0.1) is 11.3 Å². The van der Waals surface area contributed by atoms with Gasteiger partial charge in [0.15, 0.2) is 5.13 Å². The summed E-state index contributed by atoms with van der Waals surface area (Å²) in [5.74, 6) is 2.10. The average Bonchev–Trinajstić information content (AvgIpc) is 2.52. The lowest BCUT2D eigenvalue weighted by atomic mass is 10.4. The lowest BCUT2D eigenvalue weighted by Gasteiger charge is -2.01. The van der Waals surface area contributed by atoms with E-state index in [9.17, 15) is 0 Å². The fourth-order valence-electron chi connectivity index (χ4n) is 1.05. The summed E-state index contributed by atoms with van der Waals surface area (Å²) < 4.78 is 0. The maximum absolute atomic E-state index is 8.60. The predicted molar refractivity (Wildman–Crippen MR) is 69.1 cm³/mol. The normalized spacial score (nSPS) is 10.6. The molecule has 1 aromatic rings. The quantitative estimate of drug-likeness (QED) is 0.725. The Hall–Kier alpha value is -0.260. The molecule has 2 N–H and O–H groups in total. The van der Waals surface area contributed by atoms with E-state index in [2.05, 4.69) is 17.2 Å². The fraction of sp³-hybridized carbons (Fsp3) is 0.700. The molecule has 0 atom stereocenters. The Morgan fingerprint density at radius 1 is 1.40 bits per heavy atom. The molecule has 15 heavy (non-hydrogen) atoms. The van der Waals surface area contributed by atoms with Gasteiger partial charge in [0.25, 0.3) is 0 Å². The lowest BCUT2D eigenvalue weighted by Crippen LogP contribution is -2.04. The first-order chi connectivity index (χ1) is 7.24. The van der Waals surface area contributed by atoms with Gasteiger partial charge < -0.3 is 10.4 Å². The van der Waals surface area contributed by atoms with Gasteiger partial charge in [0, 0.05) is 23.8 Å². The Balaban J connectivity index is 2.10. The number of thioether (sulfide) groups is 1. The van der Waals surface area contributed by atoms with E-state index in [1.165, 1.54) is 4.88 Å². The summed E-state index contributed by atoms with van der Waals surface area (Å²) >= 11 is 3.57. The first kappa shape index (κ1) is 12.8. The van der Waals surface area contributed by atoms with Gasteiger partial charge in [0.2, 0.25) is 0 Å². The maximum Gasteiger partial charge on any atom is 0.183 e. The molecule has 0 aliphatic carbocycles. The topological polar surface area (TPSA) is 45.2 Å². The molecule has 5 heteroatoms. The van der Waals surface area contributed by atoms with Crippen molar-refractivity contribution in [3.63, 3.8) is 0 Å². The summed E-state index contributed by atoms with van der Waals surface area (Å²) in [6.07, 6.45) is 0.889. The molecule has 0 amide bonds. The van der Waals surface area contributed by atoms with Crippen LogP contribution in [0.1, 0.15) is 17.0 Å². The number of aryl methyl sites for hydroxylation is 2. The third kappa shape index (κ3) is 4.86. The van der Waals surface area contributed by atoms with E-state index >= 15 is 0 Å². The van der Waals surface area contributed by atoms with E-state index < -0.39 is 0 Å². The van der Waals surface area contributed by atoms with Crippen molar-refractivity contribution >= 4 is 28.2 Å². The number of aromatic nitrogens is 1. The van der Waals surface area contributed by atoms with Crippen LogP contribution in [0, 0.1) is 13.8 Å². The smallest absolute Gasteiger partial charge is 0.183 e. The van der Waals surface area contributed by atoms with Crippen molar-refractivity contribution in [2.24, 2.45) is 0 Å². The molecule has 0 saturated heterocycles. The molecule has 0 aliphatic heterocycles. The molecule has 0 unspecified atom stereocenters. The molecule has 3 nitrogen and oxygen atoms in total. The summed E-state index contributed by atoms with van der Waals surface area (Å²) in [6, 6.07) is 0. The highest BCUT2D eigenvalue weighted by Gasteiger charge is 2.01. The standard InChI is InChI=1S/C10H18N2OS2/c1-8-9(2)15-10(12-8)11-4-7-14-6-3-5-13/h13H,3-7H2,1-2H3,(H,11,12). The van der Waals surface area contributed by atoms with Crippen molar-refractivity contribution in [3.05, 3.63) is 10.6 Å². The van der Waals surface area contributed by atoms with E-state index in [1.54, 1.807) is 11.3 Å². The first-order valence-electron chi connectivity index (χ1n) is 5.10. The van der Waals surface area contributed by atoms with Crippen LogP contribution in [-0.4, -0.2) is 34.7 Å². The van der Waals surface area contributed by atoms with Gasteiger partial charge in [-0.05, 0) is 26.0 Å². The van der Waals surface area contributed by atoms with E-state index in [1.807, 2.05) is 18.7 Å². The molecule has 0 radical (unpaired) electrons. The van der Waals surface area contributed by atoms with Gasteiger partial charge in [-0.1, -0.05) is 0 Å². The van der Waals surface area contributed by atoms with Crippen molar-refractivity contribution in [1.82, 2.24) is 4.98 Å². The number of anilines is 1. The van der Waals surface area contributed by atoms with Crippen molar-refractivity contribution in [2.45, 2.75) is 20.3 Å². The van der Waals surface area contributed by atoms with Crippen LogP contribution in [0.2, 0.25) is 0 Å². The molecule has 1 aromatic heterocycles. The second-order valence-electron chi connectivity index (χ2n) is 3.28. The van der Waals surface area contributed by atoms with E-state index in [4.69, 9.17) is 5.11 Å². The van der Waals surface area contributed by atoms with Gasteiger partial charge in [-0.2, -0.15) is 11.8 Å². The molecule has 0 saturated carbocycles. The molecule has 86 valence electrons. The third-order valence-electron chi connectivity index (χ3n) is 2.00. The minimum Gasteiger partial charge on any atom is -0.396 e. The van der Waals surface area contributed by atoms with Gasteiger partial charge in [-0.25, -0.2) is 4.98 Å². The number of nitrogens with one attached hydrogen (secondary N) is 1. The second kappa shape index (κ2) is 7.09. The Bertz CT molecular complexity index is 269. The number of aliphatic hydroxyl groups excluding tert-OH is 1. The number of thiazole rings is 1. The SMILES string of the molecule is Cc1nc(NCCSCCCO)sc1C. The zero-order valence-electron chi connectivity index (χ0n) is 9.25. The van der Waals surface area contributed by atoms with E-state index in [0.29, 0.717) is 6.61 Å². The van der Waals surface area contributed by atoms with Crippen molar-refractivity contribution < 1.29 is 5.11 Å². The molecule has 0 aliphatic rings. The molecule has 0 fully saturated rings. The van der Waals surface area contributed by atoms with E-state index in [0.717, 1.165) is 35.3 Å². The number of hydrogen-bond acceptors (Lipinski definition) is 5. The Labute approximate surface area is 99.3 Å². The molecular weight excluding hydrogens is 228 g/mol.